The van der Waals surface area contributed by atoms with E-state index in [9.17, 15) is 4.79 Å². The van der Waals surface area contributed by atoms with Crippen LogP contribution in [0.25, 0.3) is 0 Å². The first kappa shape index (κ1) is 13.2. The number of carbonyl (C=O) groups excluding carboxylic acids is 1. The summed E-state index contributed by atoms with van der Waals surface area (Å²) in [6, 6.07) is 0. The van der Waals surface area contributed by atoms with Crippen molar-refractivity contribution in [2.24, 2.45) is 5.41 Å². The molecule has 0 bridgehead atoms. The van der Waals surface area contributed by atoms with E-state index in [1.807, 2.05) is 11.8 Å². The van der Waals surface area contributed by atoms with Crippen LogP contribution in [0.4, 0.5) is 0 Å². The van der Waals surface area contributed by atoms with Gasteiger partial charge in [-0.15, -0.1) is 11.8 Å². The zero-order valence-corrected chi connectivity index (χ0v) is 11.8. The topological polar surface area (TPSA) is 41.1 Å². The molecule has 0 radical (unpaired) electrons. The van der Waals surface area contributed by atoms with Gasteiger partial charge in [0.2, 0.25) is 5.91 Å². The molecule has 1 amide bonds. The van der Waals surface area contributed by atoms with Gasteiger partial charge in [0.15, 0.2) is 0 Å². The van der Waals surface area contributed by atoms with Crippen LogP contribution in [0.2, 0.25) is 0 Å². The van der Waals surface area contributed by atoms with Gasteiger partial charge in [0.25, 0.3) is 0 Å². The monoisotopic (exact) mass is 256 g/mol. The Morgan fingerprint density at radius 2 is 2.18 bits per heavy atom. The van der Waals surface area contributed by atoms with Gasteiger partial charge in [0, 0.05) is 13.1 Å². The molecule has 2 rings (SSSR count). The van der Waals surface area contributed by atoms with Gasteiger partial charge in [-0.3, -0.25) is 4.79 Å². The highest BCUT2D eigenvalue weighted by molar-refractivity contribution is 8.01. The molecule has 2 N–H and O–H groups in total. The third kappa shape index (κ3) is 3.16. The van der Waals surface area contributed by atoms with Crippen LogP contribution in [0.15, 0.2) is 0 Å². The fraction of sp³-hybridized carbons (Fsp3) is 0.923. The number of hydrogen-bond donors (Lipinski definition) is 2. The molecule has 0 aromatic carbocycles. The van der Waals surface area contributed by atoms with E-state index in [-0.39, 0.29) is 16.1 Å². The third-order valence-electron chi connectivity index (χ3n) is 4.06. The van der Waals surface area contributed by atoms with Crippen molar-refractivity contribution in [1.82, 2.24) is 10.6 Å². The molecule has 0 aromatic heterocycles. The maximum atomic E-state index is 12.2. The van der Waals surface area contributed by atoms with Crippen molar-refractivity contribution < 1.29 is 4.79 Å². The number of amides is 1. The van der Waals surface area contributed by atoms with Gasteiger partial charge in [-0.25, -0.2) is 0 Å². The first-order valence-corrected chi connectivity index (χ1v) is 7.66. The summed E-state index contributed by atoms with van der Waals surface area (Å²) in [7, 11) is 0. The van der Waals surface area contributed by atoms with E-state index in [2.05, 4.69) is 24.5 Å². The van der Waals surface area contributed by atoms with Crippen molar-refractivity contribution in [3.63, 3.8) is 0 Å². The lowest BCUT2D eigenvalue weighted by Crippen LogP contribution is -2.49. The molecule has 98 valence electrons. The highest BCUT2D eigenvalue weighted by Gasteiger charge is 2.38. The Bertz CT molecular complexity index is 281. The molecule has 2 saturated heterocycles. The summed E-state index contributed by atoms with van der Waals surface area (Å²) in [5, 5.41) is 6.60. The van der Waals surface area contributed by atoms with Crippen LogP contribution in [0.3, 0.4) is 0 Å². The smallest absolute Gasteiger partial charge is 0.235 e. The second kappa shape index (κ2) is 5.19. The summed E-state index contributed by atoms with van der Waals surface area (Å²) in [6.07, 6.45) is 4.63. The molecular formula is C13H24N2OS. The van der Waals surface area contributed by atoms with E-state index in [0.717, 1.165) is 31.8 Å². The predicted molar refractivity (Wildman–Crippen MR) is 73.3 cm³/mol. The van der Waals surface area contributed by atoms with Gasteiger partial charge in [-0.05, 0) is 50.3 Å². The van der Waals surface area contributed by atoms with Crippen LogP contribution >= 0.6 is 11.8 Å². The lowest BCUT2D eigenvalue weighted by Gasteiger charge is -2.35. The van der Waals surface area contributed by atoms with Crippen LogP contribution in [0.1, 0.15) is 39.5 Å². The Balaban J connectivity index is 1.83. The van der Waals surface area contributed by atoms with Gasteiger partial charge < -0.3 is 10.6 Å². The molecule has 3 nitrogen and oxygen atoms in total. The van der Waals surface area contributed by atoms with Crippen LogP contribution in [0, 0.1) is 5.41 Å². The molecule has 0 saturated carbocycles. The lowest BCUT2D eigenvalue weighted by atomic mass is 9.82. The molecule has 17 heavy (non-hydrogen) atoms. The predicted octanol–water partition coefficient (Wildman–Crippen LogP) is 1.78. The van der Waals surface area contributed by atoms with E-state index in [1.54, 1.807) is 0 Å². The normalized spacial score (nSPS) is 38.0. The van der Waals surface area contributed by atoms with E-state index in [0.29, 0.717) is 0 Å². The molecule has 4 heteroatoms. The molecular weight excluding hydrogens is 232 g/mol. The average Bonchev–Trinajstić information content (AvgIpc) is 2.75. The van der Waals surface area contributed by atoms with E-state index < -0.39 is 0 Å². The largest absolute Gasteiger partial charge is 0.354 e. The number of carbonyl (C=O) groups is 1. The second-order valence-electron chi connectivity index (χ2n) is 5.96. The molecule has 0 aromatic rings. The fourth-order valence-corrected chi connectivity index (χ4v) is 3.94. The van der Waals surface area contributed by atoms with Gasteiger partial charge in [0.1, 0.15) is 0 Å². The fourth-order valence-electron chi connectivity index (χ4n) is 2.71. The van der Waals surface area contributed by atoms with E-state index in [4.69, 9.17) is 0 Å². The Kier molecular flexibility index (Phi) is 4.03. The highest BCUT2D eigenvalue weighted by atomic mass is 32.2. The minimum Gasteiger partial charge on any atom is -0.354 e. The maximum absolute atomic E-state index is 12.2. The molecule has 2 aliphatic rings. The number of thioether (sulfide) groups is 1. The number of hydrogen-bond acceptors (Lipinski definition) is 3. The van der Waals surface area contributed by atoms with Gasteiger partial charge in [-0.2, -0.15) is 0 Å². The molecule has 0 spiro atoms. The minimum atomic E-state index is -0.168. The van der Waals surface area contributed by atoms with Crippen molar-refractivity contribution >= 4 is 17.7 Å². The Hall–Kier alpha value is -0.220. The molecule has 0 aliphatic carbocycles. The lowest BCUT2D eigenvalue weighted by molar-refractivity contribution is -0.123. The standard InChI is InChI=1S/C13H24N2OS/c1-12(5-3-7-14-9-12)10-15-11(16)13(2)6-4-8-17-13/h14H,3-10H2,1-2H3,(H,15,16). The Labute approximate surface area is 108 Å². The first-order valence-electron chi connectivity index (χ1n) is 6.67. The maximum Gasteiger partial charge on any atom is 0.235 e. The van der Waals surface area contributed by atoms with Crippen LogP contribution in [0.5, 0.6) is 0 Å². The third-order valence-corrected chi connectivity index (χ3v) is 5.58. The van der Waals surface area contributed by atoms with Crippen molar-refractivity contribution in [3.8, 4) is 0 Å². The van der Waals surface area contributed by atoms with Gasteiger partial charge in [-0.1, -0.05) is 6.92 Å². The van der Waals surface area contributed by atoms with Crippen molar-refractivity contribution in [1.29, 1.82) is 0 Å². The Morgan fingerprint density at radius 1 is 1.35 bits per heavy atom. The highest BCUT2D eigenvalue weighted by Crippen LogP contribution is 2.38. The van der Waals surface area contributed by atoms with Crippen molar-refractivity contribution in [3.05, 3.63) is 0 Å². The van der Waals surface area contributed by atoms with E-state index in [1.165, 1.54) is 19.3 Å². The number of piperidine rings is 1. The van der Waals surface area contributed by atoms with Crippen LogP contribution in [-0.4, -0.2) is 36.0 Å². The molecule has 2 heterocycles. The van der Waals surface area contributed by atoms with Gasteiger partial charge in [0.05, 0.1) is 4.75 Å². The summed E-state index contributed by atoms with van der Waals surface area (Å²) < 4.78 is -0.168. The van der Waals surface area contributed by atoms with E-state index >= 15 is 0 Å². The number of rotatable bonds is 3. The second-order valence-corrected chi connectivity index (χ2v) is 7.55. The summed E-state index contributed by atoms with van der Waals surface area (Å²) in [5.74, 6) is 1.37. The summed E-state index contributed by atoms with van der Waals surface area (Å²) in [6.45, 7) is 7.31. The molecule has 2 aliphatic heterocycles. The Morgan fingerprint density at radius 3 is 2.76 bits per heavy atom. The molecule has 2 atom stereocenters. The van der Waals surface area contributed by atoms with Crippen LogP contribution < -0.4 is 10.6 Å². The SMILES string of the molecule is CC1(CNC(=O)C2(C)CCCS2)CCCNC1. The average molecular weight is 256 g/mol. The van der Waals surface area contributed by atoms with Gasteiger partial charge >= 0.3 is 0 Å². The summed E-state index contributed by atoms with van der Waals surface area (Å²) in [5.41, 5.74) is 0.244. The van der Waals surface area contributed by atoms with Crippen molar-refractivity contribution in [2.45, 2.75) is 44.3 Å². The quantitative estimate of drug-likeness (QED) is 0.809. The molecule has 2 fully saturated rings. The summed E-state index contributed by atoms with van der Waals surface area (Å²) >= 11 is 1.81. The zero-order valence-electron chi connectivity index (χ0n) is 11.0. The summed E-state index contributed by atoms with van der Waals surface area (Å²) in [4.78, 5) is 12.2. The molecule has 2 unspecified atom stereocenters. The first-order chi connectivity index (χ1) is 8.04. The zero-order chi connectivity index (χ0) is 12.4. The number of nitrogens with one attached hydrogen (secondary N) is 2. The minimum absolute atomic E-state index is 0.168. The van der Waals surface area contributed by atoms with Crippen molar-refractivity contribution in [2.75, 3.05) is 25.4 Å². The van der Waals surface area contributed by atoms with Crippen LogP contribution in [-0.2, 0) is 4.79 Å².